The smallest absolute Gasteiger partial charge is 0.261 e. The molecule has 1 aliphatic heterocycles. The molecule has 6 heteroatoms. The van der Waals surface area contributed by atoms with Crippen molar-refractivity contribution in [3.8, 4) is 0 Å². The molecule has 1 aromatic carbocycles. The lowest BCUT2D eigenvalue weighted by atomic mass is 9.95. The van der Waals surface area contributed by atoms with Crippen molar-refractivity contribution in [1.82, 2.24) is 9.88 Å². The van der Waals surface area contributed by atoms with E-state index in [0.717, 1.165) is 11.3 Å². The molecular weight excluding hydrogens is 326 g/mol. The molecule has 2 aromatic rings. The van der Waals surface area contributed by atoms with Crippen LogP contribution < -0.4 is 11.3 Å². The number of aryl methyl sites for hydroxylation is 2. The highest BCUT2D eigenvalue weighted by Crippen LogP contribution is 2.27. The maximum atomic E-state index is 12.8. The number of hydrogen-bond donors (Lipinski definition) is 2. The first-order chi connectivity index (χ1) is 11.0. The van der Waals surface area contributed by atoms with Crippen LogP contribution in [0.3, 0.4) is 0 Å². The number of halogens is 1. The van der Waals surface area contributed by atoms with Crippen LogP contribution in [0.15, 0.2) is 41.2 Å². The molecule has 2 heterocycles. The topological polar surface area (TPSA) is 79.2 Å². The van der Waals surface area contributed by atoms with Gasteiger partial charge in [0.05, 0.1) is 0 Å². The number of H-pyrrole nitrogens is 1. The Kier molecular flexibility index (Phi) is 5.47. The summed E-state index contributed by atoms with van der Waals surface area (Å²) in [6.45, 7) is 4.60. The molecule has 0 saturated carbocycles. The first-order valence-electron chi connectivity index (χ1n) is 7.77. The second kappa shape index (κ2) is 7.20. The maximum Gasteiger partial charge on any atom is 0.261 e. The van der Waals surface area contributed by atoms with Crippen molar-refractivity contribution < 1.29 is 4.79 Å². The monoisotopic (exact) mass is 347 g/mol. The lowest BCUT2D eigenvalue weighted by molar-refractivity contribution is 0.0786. The van der Waals surface area contributed by atoms with Gasteiger partial charge in [-0.25, -0.2) is 0 Å². The maximum absolute atomic E-state index is 12.8. The van der Waals surface area contributed by atoms with Crippen molar-refractivity contribution >= 4 is 18.3 Å². The van der Waals surface area contributed by atoms with E-state index in [1.165, 1.54) is 0 Å². The number of rotatable bonds is 2. The molecule has 2 atom stereocenters. The van der Waals surface area contributed by atoms with Gasteiger partial charge in [-0.05, 0) is 31.0 Å². The van der Waals surface area contributed by atoms with Gasteiger partial charge in [-0.3, -0.25) is 9.59 Å². The van der Waals surface area contributed by atoms with Crippen LogP contribution in [0.5, 0.6) is 0 Å². The highest BCUT2D eigenvalue weighted by molar-refractivity contribution is 5.95. The number of nitrogens with zero attached hydrogens (tertiary/aromatic N) is 1. The van der Waals surface area contributed by atoms with E-state index >= 15 is 0 Å². The molecule has 1 amide bonds. The lowest BCUT2D eigenvalue weighted by Crippen LogP contribution is -2.36. The van der Waals surface area contributed by atoms with Crippen LogP contribution in [0.4, 0.5) is 0 Å². The number of pyridine rings is 1. The van der Waals surface area contributed by atoms with Crippen LogP contribution in [-0.4, -0.2) is 34.9 Å². The van der Waals surface area contributed by atoms with E-state index in [2.05, 4.69) is 4.98 Å². The molecule has 1 fully saturated rings. The van der Waals surface area contributed by atoms with Gasteiger partial charge in [0, 0.05) is 30.7 Å². The van der Waals surface area contributed by atoms with E-state index < -0.39 is 0 Å². The molecular formula is C18H22ClN3O2. The Hall–Kier alpha value is -2.11. The first-order valence-corrected chi connectivity index (χ1v) is 7.77. The Morgan fingerprint density at radius 1 is 1.21 bits per heavy atom. The van der Waals surface area contributed by atoms with Crippen LogP contribution in [0.1, 0.15) is 33.1 Å². The van der Waals surface area contributed by atoms with E-state index in [4.69, 9.17) is 5.73 Å². The highest BCUT2D eigenvalue weighted by atomic mass is 35.5. The highest BCUT2D eigenvalue weighted by Gasteiger charge is 2.35. The molecule has 5 nitrogen and oxygen atoms in total. The van der Waals surface area contributed by atoms with Crippen LogP contribution in [-0.2, 0) is 0 Å². The quantitative estimate of drug-likeness (QED) is 0.871. The zero-order chi connectivity index (χ0) is 16.6. The van der Waals surface area contributed by atoms with Crippen molar-refractivity contribution in [1.29, 1.82) is 0 Å². The molecule has 0 spiro atoms. The number of aromatic nitrogens is 1. The average Bonchev–Trinajstić information content (AvgIpc) is 2.89. The van der Waals surface area contributed by atoms with Crippen molar-refractivity contribution in [2.75, 3.05) is 13.1 Å². The summed E-state index contributed by atoms with van der Waals surface area (Å²) in [5, 5.41) is 0. The fourth-order valence-corrected chi connectivity index (χ4v) is 3.33. The molecule has 0 unspecified atom stereocenters. The predicted octanol–water partition coefficient (Wildman–Crippen LogP) is 1.98. The number of nitrogens with one attached hydrogen (secondary N) is 1. The average molecular weight is 348 g/mol. The molecule has 1 aliphatic rings. The summed E-state index contributed by atoms with van der Waals surface area (Å²) >= 11 is 0. The van der Waals surface area contributed by atoms with Crippen molar-refractivity contribution in [3.63, 3.8) is 0 Å². The van der Waals surface area contributed by atoms with E-state index in [1.807, 2.05) is 36.4 Å². The zero-order valence-corrected chi connectivity index (χ0v) is 14.6. The van der Waals surface area contributed by atoms with Crippen molar-refractivity contribution in [2.24, 2.45) is 5.73 Å². The summed E-state index contributed by atoms with van der Waals surface area (Å²) in [6, 6.07) is 11.7. The number of benzene rings is 1. The van der Waals surface area contributed by atoms with Crippen molar-refractivity contribution in [3.05, 3.63) is 69.1 Å². The number of amides is 1. The molecule has 1 aromatic heterocycles. The number of carbonyl (C=O) groups is 1. The van der Waals surface area contributed by atoms with Gasteiger partial charge in [0.1, 0.15) is 5.56 Å². The minimum Gasteiger partial charge on any atom is -0.336 e. The Balaban J connectivity index is 0.00000208. The van der Waals surface area contributed by atoms with E-state index in [0.29, 0.717) is 18.7 Å². The second-order valence-corrected chi connectivity index (χ2v) is 6.23. The lowest BCUT2D eigenvalue weighted by Gasteiger charge is -2.17. The number of likely N-dealkylation sites (tertiary alicyclic amines) is 1. The van der Waals surface area contributed by atoms with Gasteiger partial charge in [0.2, 0.25) is 0 Å². The van der Waals surface area contributed by atoms with Gasteiger partial charge in [0.15, 0.2) is 0 Å². The first kappa shape index (κ1) is 18.2. The number of aromatic amines is 1. The third kappa shape index (κ3) is 3.37. The zero-order valence-electron chi connectivity index (χ0n) is 13.8. The Bertz CT molecular complexity index is 789. The molecule has 1 saturated heterocycles. The fourth-order valence-electron chi connectivity index (χ4n) is 3.33. The van der Waals surface area contributed by atoms with Crippen LogP contribution in [0.25, 0.3) is 0 Å². The molecule has 24 heavy (non-hydrogen) atoms. The SMILES string of the molecule is Cc1cc(C)c(C(=O)N2C[C@@H](N)[C@H](c3ccccc3)C2)c(=O)[nH]1.Cl. The van der Waals surface area contributed by atoms with Crippen LogP contribution >= 0.6 is 12.4 Å². The normalized spacial score (nSPS) is 19.9. The Morgan fingerprint density at radius 2 is 1.88 bits per heavy atom. The fraction of sp³-hybridized carbons (Fsp3) is 0.333. The summed E-state index contributed by atoms with van der Waals surface area (Å²) in [5.74, 6) is -0.136. The summed E-state index contributed by atoms with van der Waals surface area (Å²) in [4.78, 5) is 29.3. The van der Waals surface area contributed by atoms with Gasteiger partial charge in [0.25, 0.3) is 11.5 Å². The second-order valence-electron chi connectivity index (χ2n) is 6.23. The summed E-state index contributed by atoms with van der Waals surface area (Å²) in [5.41, 5.74) is 8.71. The molecule has 3 N–H and O–H groups in total. The van der Waals surface area contributed by atoms with Crippen molar-refractivity contribution in [2.45, 2.75) is 25.8 Å². The minimum atomic E-state index is -0.329. The minimum absolute atomic E-state index is 0. The van der Waals surface area contributed by atoms with Crippen LogP contribution in [0, 0.1) is 13.8 Å². The van der Waals surface area contributed by atoms with Gasteiger partial charge in [-0.15, -0.1) is 12.4 Å². The summed E-state index contributed by atoms with van der Waals surface area (Å²) in [6.07, 6.45) is 0. The third-order valence-corrected chi connectivity index (χ3v) is 4.46. The van der Waals surface area contributed by atoms with E-state index in [9.17, 15) is 9.59 Å². The van der Waals surface area contributed by atoms with Gasteiger partial charge < -0.3 is 15.6 Å². The Morgan fingerprint density at radius 3 is 2.50 bits per heavy atom. The molecule has 0 radical (unpaired) electrons. The predicted molar refractivity (Wildman–Crippen MR) is 96.8 cm³/mol. The summed E-state index contributed by atoms with van der Waals surface area (Å²) < 4.78 is 0. The van der Waals surface area contributed by atoms with Gasteiger partial charge in [-0.1, -0.05) is 30.3 Å². The number of hydrogen-bond acceptors (Lipinski definition) is 3. The number of nitrogens with two attached hydrogens (primary N) is 1. The molecule has 128 valence electrons. The number of carbonyl (C=O) groups excluding carboxylic acids is 1. The molecule has 0 aliphatic carbocycles. The van der Waals surface area contributed by atoms with E-state index in [-0.39, 0.29) is 41.4 Å². The van der Waals surface area contributed by atoms with Crippen LogP contribution in [0.2, 0.25) is 0 Å². The van der Waals surface area contributed by atoms with Gasteiger partial charge in [-0.2, -0.15) is 0 Å². The Labute approximate surface area is 147 Å². The summed E-state index contributed by atoms with van der Waals surface area (Å²) in [7, 11) is 0. The molecule has 3 rings (SSSR count). The van der Waals surface area contributed by atoms with Gasteiger partial charge >= 0.3 is 0 Å². The largest absolute Gasteiger partial charge is 0.336 e. The third-order valence-electron chi connectivity index (χ3n) is 4.46. The van der Waals surface area contributed by atoms with E-state index in [1.54, 1.807) is 18.7 Å². The molecule has 0 bridgehead atoms. The standard InChI is InChI=1S/C18H21N3O2.ClH/c1-11-8-12(2)20-17(22)16(11)18(23)21-9-14(15(19)10-21)13-6-4-3-5-7-13;/h3-8,14-15H,9-10,19H2,1-2H3,(H,20,22);1H/t14-,15+;/m0./s1.